The van der Waals surface area contributed by atoms with Crippen molar-refractivity contribution in [2.75, 3.05) is 18.8 Å². The molecule has 0 aliphatic carbocycles. The maximum absolute atomic E-state index is 14.2. The fraction of sp³-hybridized carbons (Fsp3) is 0.400. The fourth-order valence-corrected chi connectivity index (χ4v) is 5.22. The monoisotopic (exact) mass is 736 g/mol. The molecule has 1 heterocycles. The zero-order chi connectivity index (χ0) is 39.1. The zero-order valence-electron chi connectivity index (χ0n) is 29.4. The van der Waals surface area contributed by atoms with Gasteiger partial charge in [0.1, 0.15) is 17.8 Å². The molecule has 0 spiro atoms. The number of anilines is 1. The molecular formula is C35H44N8O10. The van der Waals surface area contributed by atoms with Crippen LogP contribution >= 0.6 is 0 Å². The van der Waals surface area contributed by atoms with Gasteiger partial charge in [-0.1, -0.05) is 32.4 Å². The van der Waals surface area contributed by atoms with Crippen molar-refractivity contribution in [3.8, 4) is 5.75 Å². The summed E-state index contributed by atoms with van der Waals surface area (Å²) in [6.45, 7) is 3.36. The first kappa shape index (κ1) is 41.1. The van der Waals surface area contributed by atoms with E-state index in [2.05, 4.69) is 16.0 Å². The highest BCUT2D eigenvalue weighted by molar-refractivity contribution is 6.12. The number of imide groups is 2. The summed E-state index contributed by atoms with van der Waals surface area (Å²) in [4.78, 5) is 101. The summed E-state index contributed by atoms with van der Waals surface area (Å²) < 4.78 is 5.41. The Bertz CT molecular complexity index is 1680. The van der Waals surface area contributed by atoms with E-state index in [1.54, 1.807) is 38.1 Å². The van der Waals surface area contributed by atoms with E-state index in [1.165, 1.54) is 24.3 Å². The van der Waals surface area contributed by atoms with Crippen molar-refractivity contribution in [3.05, 3.63) is 76.4 Å². The Balaban J connectivity index is 1.75. The molecule has 18 nitrogen and oxygen atoms in total. The third kappa shape index (κ3) is 13.1. The molecule has 2 aromatic rings. The Labute approximate surface area is 305 Å². The fourth-order valence-electron chi connectivity index (χ4n) is 5.22. The van der Waals surface area contributed by atoms with Gasteiger partial charge in [-0.3, -0.25) is 39.0 Å². The number of nitrogens with one attached hydrogen (secondary N) is 3. The number of ether oxygens (including phenoxy) is 1. The second kappa shape index (κ2) is 19.9. The quantitative estimate of drug-likeness (QED) is 0.0459. The molecule has 0 bridgehead atoms. The third-order valence-corrected chi connectivity index (χ3v) is 8.09. The number of nitrogens with zero attached hydrogens (tertiary/aromatic N) is 3. The van der Waals surface area contributed by atoms with Gasteiger partial charge in [-0.25, -0.2) is 14.5 Å². The predicted molar refractivity (Wildman–Crippen MR) is 190 cm³/mol. The second-order valence-corrected chi connectivity index (χ2v) is 12.5. The Morgan fingerprint density at radius 1 is 0.906 bits per heavy atom. The van der Waals surface area contributed by atoms with Crippen molar-refractivity contribution in [2.24, 2.45) is 11.7 Å². The average molecular weight is 737 g/mol. The summed E-state index contributed by atoms with van der Waals surface area (Å²) in [6, 6.07) is 7.72. The highest BCUT2D eigenvalue weighted by Gasteiger charge is 2.34. The van der Waals surface area contributed by atoms with E-state index in [0.29, 0.717) is 30.5 Å². The number of rotatable bonds is 19. The topological polar surface area (TPSA) is 266 Å². The number of benzene rings is 2. The van der Waals surface area contributed by atoms with Crippen molar-refractivity contribution in [1.82, 2.24) is 25.8 Å². The van der Waals surface area contributed by atoms with Gasteiger partial charge in [0.15, 0.2) is 0 Å². The van der Waals surface area contributed by atoms with Crippen LogP contribution in [0.1, 0.15) is 57.9 Å². The van der Waals surface area contributed by atoms with E-state index in [1.807, 2.05) is 0 Å². The summed E-state index contributed by atoms with van der Waals surface area (Å²) in [5, 5.41) is 18.8. The smallest absolute Gasteiger partial charge is 0.410 e. The van der Waals surface area contributed by atoms with Gasteiger partial charge in [-0.2, -0.15) is 0 Å². The molecule has 0 fully saturated rings. The number of hydrogen-bond acceptors (Lipinski definition) is 11. The SMILES string of the molecule is CC(C)[C@H](NC(=O)CCCCCN1C(=O)C=CC1=O)C(=O)N[C@@H](CCCNC(N)=O)C(=O)N(Cc1ccc(N)cc1)C(=O)Oc1ccc([N+](=O)[O-])cc1. The number of primary amides is 1. The molecule has 0 radical (unpaired) electrons. The number of amides is 8. The van der Waals surface area contributed by atoms with Crippen molar-refractivity contribution >= 4 is 53.0 Å². The first-order valence-corrected chi connectivity index (χ1v) is 16.9. The van der Waals surface area contributed by atoms with Gasteiger partial charge in [0, 0.05) is 49.5 Å². The number of carbonyl (C=O) groups excluding carboxylic acids is 7. The summed E-state index contributed by atoms with van der Waals surface area (Å²) in [7, 11) is 0. The Morgan fingerprint density at radius 2 is 1.55 bits per heavy atom. The largest absolute Gasteiger partial charge is 0.422 e. The van der Waals surface area contributed by atoms with Crippen LogP contribution in [0.5, 0.6) is 5.75 Å². The van der Waals surface area contributed by atoms with Crippen molar-refractivity contribution in [1.29, 1.82) is 0 Å². The first-order valence-electron chi connectivity index (χ1n) is 16.9. The first-order chi connectivity index (χ1) is 25.2. The lowest BCUT2D eigenvalue weighted by Gasteiger charge is -2.29. The minimum Gasteiger partial charge on any atom is -0.410 e. The highest BCUT2D eigenvalue weighted by Crippen LogP contribution is 2.20. The number of nitro groups is 1. The van der Waals surface area contributed by atoms with Crippen LogP contribution < -0.4 is 32.2 Å². The summed E-state index contributed by atoms with van der Waals surface area (Å²) in [6.07, 6.45) is 2.86. The molecule has 1 aliphatic rings. The predicted octanol–water partition coefficient (Wildman–Crippen LogP) is 2.26. The maximum Gasteiger partial charge on any atom is 0.422 e. The van der Waals surface area contributed by atoms with E-state index < -0.39 is 52.8 Å². The second-order valence-electron chi connectivity index (χ2n) is 12.5. The lowest BCUT2D eigenvalue weighted by atomic mass is 10.0. The zero-order valence-corrected chi connectivity index (χ0v) is 29.4. The van der Waals surface area contributed by atoms with Crippen LogP contribution in [-0.2, 0) is 30.5 Å². The number of nitrogens with two attached hydrogens (primary N) is 2. The van der Waals surface area contributed by atoms with E-state index in [0.717, 1.165) is 21.9 Å². The van der Waals surface area contributed by atoms with Crippen LogP contribution in [0.4, 0.5) is 21.0 Å². The molecule has 2 atom stereocenters. The number of hydrogen-bond donors (Lipinski definition) is 5. The van der Waals surface area contributed by atoms with Crippen molar-refractivity contribution < 1.29 is 43.2 Å². The molecule has 3 rings (SSSR count). The number of nitrogen functional groups attached to an aromatic ring is 1. The summed E-state index contributed by atoms with van der Waals surface area (Å²) >= 11 is 0. The van der Waals surface area contributed by atoms with E-state index >= 15 is 0 Å². The van der Waals surface area contributed by atoms with Crippen LogP contribution in [0.3, 0.4) is 0 Å². The lowest BCUT2D eigenvalue weighted by Crippen LogP contribution is -2.56. The number of carbonyl (C=O) groups is 7. The highest BCUT2D eigenvalue weighted by atomic mass is 16.6. The molecule has 0 aromatic heterocycles. The molecule has 7 N–H and O–H groups in total. The standard InChI is InChI=1S/C35H44N8O10/c1-22(2)31(40-28(44)8-4-3-5-20-41-29(45)17-18-30(41)46)32(47)39-27(7-6-19-38-34(37)49)33(48)42(21-23-9-11-24(36)12-10-23)35(50)53-26-15-13-25(14-16-26)43(51)52/h9-18,22,27,31H,3-8,19-21,36H2,1-2H3,(H,39,47)(H,40,44)(H3,37,38,49)/t27-,31-/m0/s1. The van der Waals surface area contributed by atoms with Crippen LogP contribution in [0.2, 0.25) is 0 Å². The summed E-state index contributed by atoms with van der Waals surface area (Å²) in [5.41, 5.74) is 11.6. The van der Waals surface area contributed by atoms with Gasteiger partial charge in [0.05, 0.1) is 11.5 Å². The molecule has 1 aliphatic heterocycles. The Kier molecular flexibility index (Phi) is 15.4. The molecular weight excluding hydrogens is 692 g/mol. The van der Waals surface area contributed by atoms with Gasteiger partial charge < -0.3 is 32.2 Å². The van der Waals surface area contributed by atoms with Crippen LogP contribution in [0.15, 0.2) is 60.7 Å². The third-order valence-electron chi connectivity index (χ3n) is 8.09. The van der Waals surface area contributed by atoms with E-state index in [4.69, 9.17) is 16.2 Å². The van der Waals surface area contributed by atoms with Crippen molar-refractivity contribution in [2.45, 2.75) is 71.0 Å². The molecule has 0 saturated heterocycles. The number of non-ortho nitro benzene ring substituents is 1. The lowest BCUT2D eigenvalue weighted by molar-refractivity contribution is -0.384. The molecule has 53 heavy (non-hydrogen) atoms. The molecule has 0 unspecified atom stereocenters. The maximum atomic E-state index is 14.2. The minimum atomic E-state index is -1.35. The molecule has 18 heteroatoms. The molecule has 0 saturated carbocycles. The minimum absolute atomic E-state index is 0.0428. The molecule has 284 valence electrons. The average Bonchev–Trinajstić information content (AvgIpc) is 3.43. The normalized spacial score (nSPS) is 13.3. The number of urea groups is 1. The van der Waals surface area contributed by atoms with Crippen LogP contribution in [-0.4, -0.2) is 81.6 Å². The van der Waals surface area contributed by atoms with Gasteiger partial charge in [0.25, 0.3) is 23.4 Å². The Morgan fingerprint density at radius 3 is 2.13 bits per heavy atom. The van der Waals surface area contributed by atoms with Crippen LogP contribution in [0, 0.1) is 16.0 Å². The summed E-state index contributed by atoms with van der Waals surface area (Å²) in [5.74, 6) is -3.28. The van der Waals surface area contributed by atoms with Gasteiger partial charge in [-0.15, -0.1) is 0 Å². The van der Waals surface area contributed by atoms with Gasteiger partial charge in [-0.05, 0) is 61.4 Å². The molecule has 8 amide bonds. The van der Waals surface area contributed by atoms with Gasteiger partial charge in [0.2, 0.25) is 11.8 Å². The van der Waals surface area contributed by atoms with Gasteiger partial charge >= 0.3 is 12.1 Å². The number of nitro benzene ring substituents is 1. The van der Waals surface area contributed by atoms with Crippen molar-refractivity contribution in [3.63, 3.8) is 0 Å². The number of unbranched alkanes of at least 4 members (excludes halogenated alkanes) is 2. The Hall–Kier alpha value is -6.33. The molecule has 2 aromatic carbocycles. The van der Waals surface area contributed by atoms with E-state index in [9.17, 15) is 43.7 Å². The van der Waals surface area contributed by atoms with E-state index in [-0.39, 0.29) is 62.1 Å². The van der Waals surface area contributed by atoms with Crippen LogP contribution in [0.25, 0.3) is 0 Å².